The van der Waals surface area contributed by atoms with E-state index >= 15 is 0 Å². The van der Waals surface area contributed by atoms with E-state index in [1.54, 1.807) is 0 Å². The number of aryl methyl sites for hydroxylation is 2. The van der Waals surface area contributed by atoms with Crippen molar-refractivity contribution in [1.29, 1.82) is 0 Å². The molecule has 0 atom stereocenters. The SMILES string of the molecule is Cc1ccc(C(=O)N2CCCN(Cc3ccccc3)CC2)cc1C. The van der Waals surface area contributed by atoms with E-state index < -0.39 is 0 Å². The van der Waals surface area contributed by atoms with Crippen molar-refractivity contribution in [2.24, 2.45) is 0 Å². The first-order chi connectivity index (χ1) is 11.6. The largest absolute Gasteiger partial charge is 0.337 e. The van der Waals surface area contributed by atoms with E-state index in [1.165, 1.54) is 16.7 Å². The summed E-state index contributed by atoms with van der Waals surface area (Å²) in [5.41, 5.74) is 4.57. The summed E-state index contributed by atoms with van der Waals surface area (Å²) < 4.78 is 0. The Morgan fingerprint density at radius 2 is 1.71 bits per heavy atom. The van der Waals surface area contributed by atoms with E-state index in [-0.39, 0.29) is 5.91 Å². The number of hydrogen-bond acceptors (Lipinski definition) is 2. The van der Waals surface area contributed by atoms with Crippen molar-refractivity contribution in [2.45, 2.75) is 26.8 Å². The quantitative estimate of drug-likeness (QED) is 0.861. The minimum absolute atomic E-state index is 0.166. The molecule has 3 nitrogen and oxygen atoms in total. The second-order valence-electron chi connectivity index (χ2n) is 6.71. The fourth-order valence-corrected chi connectivity index (χ4v) is 3.23. The van der Waals surface area contributed by atoms with Crippen LogP contribution in [0.4, 0.5) is 0 Å². The van der Waals surface area contributed by atoms with E-state index in [9.17, 15) is 4.79 Å². The molecule has 0 bridgehead atoms. The van der Waals surface area contributed by atoms with Crippen molar-refractivity contribution in [1.82, 2.24) is 9.80 Å². The van der Waals surface area contributed by atoms with Gasteiger partial charge in [0.05, 0.1) is 0 Å². The van der Waals surface area contributed by atoms with Gasteiger partial charge in [-0.3, -0.25) is 9.69 Å². The fraction of sp³-hybridized carbons (Fsp3) is 0.381. The Balaban J connectivity index is 1.62. The predicted molar refractivity (Wildman–Crippen MR) is 98.2 cm³/mol. The highest BCUT2D eigenvalue weighted by Crippen LogP contribution is 2.15. The van der Waals surface area contributed by atoms with Crippen LogP contribution in [0.3, 0.4) is 0 Å². The van der Waals surface area contributed by atoms with Crippen molar-refractivity contribution < 1.29 is 4.79 Å². The molecule has 0 unspecified atom stereocenters. The number of nitrogens with zero attached hydrogens (tertiary/aromatic N) is 2. The highest BCUT2D eigenvalue weighted by Gasteiger charge is 2.20. The Hall–Kier alpha value is -2.13. The van der Waals surface area contributed by atoms with Gasteiger partial charge in [0.1, 0.15) is 0 Å². The second kappa shape index (κ2) is 7.63. The molecule has 1 heterocycles. The number of carbonyl (C=O) groups excluding carboxylic acids is 1. The van der Waals surface area contributed by atoms with E-state index in [0.29, 0.717) is 0 Å². The van der Waals surface area contributed by atoms with Gasteiger partial charge in [0.25, 0.3) is 5.91 Å². The van der Waals surface area contributed by atoms with Crippen molar-refractivity contribution in [3.8, 4) is 0 Å². The molecule has 0 radical (unpaired) electrons. The third kappa shape index (κ3) is 4.04. The summed E-state index contributed by atoms with van der Waals surface area (Å²) in [6.07, 6.45) is 1.03. The Morgan fingerprint density at radius 1 is 0.917 bits per heavy atom. The summed E-state index contributed by atoms with van der Waals surface area (Å²) in [6, 6.07) is 16.6. The smallest absolute Gasteiger partial charge is 0.253 e. The number of carbonyl (C=O) groups is 1. The average molecular weight is 322 g/mol. The third-order valence-electron chi connectivity index (χ3n) is 4.88. The highest BCUT2D eigenvalue weighted by atomic mass is 16.2. The molecule has 0 aliphatic carbocycles. The second-order valence-corrected chi connectivity index (χ2v) is 6.71. The van der Waals surface area contributed by atoms with Gasteiger partial charge in [-0.15, -0.1) is 0 Å². The summed E-state index contributed by atoms with van der Waals surface area (Å²) in [6.45, 7) is 8.74. The van der Waals surface area contributed by atoms with Gasteiger partial charge in [0.15, 0.2) is 0 Å². The summed E-state index contributed by atoms with van der Waals surface area (Å²) in [4.78, 5) is 17.2. The van der Waals surface area contributed by atoms with Crippen molar-refractivity contribution >= 4 is 5.91 Å². The van der Waals surface area contributed by atoms with Gasteiger partial charge in [-0.2, -0.15) is 0 Å². The normalized spacial score (nSPS) is 16.0. The maximum atomic E-state index is 12.8. The Labute approximate surface area is 144 Å². The van der Waals surface area contributed by atoms with Crippen LogP contribution in [0.25, 0.3) is 0 Å². The van der Waals surface area contributed by atoms with Gasteiger partial charge in [-0.05, 0) is 49.1 Å². The molecule has 126 valence electrons. The third-order valence-corrected chi connectivity index (χ3v) is 4.88. The van der Waals surface area contributed by atoms with Crippen molar-refractivity contribution in [3.63, 3.8) is 0 Å². The lowest BCUT2D eigenvalue weighted by Crippen LogP contribution is -2.35. The number of hydrogen-bond donors (Lipinski definition) is 0. The molecule has 1 saturated heterocycles. The maximum Gasteiger partial charge on any atom is 0.253 e. The first-order valence-electron chi connectivity index (χ1n) is 8.76. The van der Waals surface area contributed by atoms with Crippen LogP contribution in [0.5, 0.6) is 0 Å². The molecule has 1 fully saturated rings. The van der Waals surface area contributed by atoms with Crippen LogP contribution in [0.1, 0.15) is 33.5 Å². The Kier molecular flexibility index (Phi) is 5.31. The van der Waals surface area contributed by atoms with E-state index in [2.05, 4.69) is 49.1 Å². The van der Waals surface area contributed by atoms with Crippen molar-refractivity contribution in [2.75, 3.05) is 26.2 Å². The summed E-state index contributed by atoms with van der Waals surface area (Å²) in [5.74, 6) is 0.166. The molecule has 1 aliphatic rings. The van der Waals surface area contributed by atoms with Crippen molar-refractivity contribution in [3.05, 3.63) is 70.8 Å². The number of rotatable bonds is 3. The molecule has 0 N–H and O–H groups in total. The lowest BCUT2D eigenvalue weighted by atomic mass is 10.1. The molecule has 3 rings (SSSR count). The molecular weight excluding hydrogens is 296 g/mol. The zero-order chi connectivity index (χ0) is 16.9. The molecule has 1 aliphatic heterocycles. The molecule has 2 aromatic carbocycles. The van der Waals surface area contributed by atoms with Gasteiger partial charge in [-0.1, -0.05) is 36.4 Å². The van der Waals surface area contributed by atoms with Crippen LogP contribution in [0, 0.1) is 13.8 Å². The van der Waals surface area contributed by atoms with Crippen LogP contribution in [-0.2, 0) is 6.54 Å². The molecule has 3 heteroatoms. The van der Waals surface area contributed by atoms with E-state index in [4.69, 9.17) is 0 Å². The fourth-order valence-electron chi connectivity index (χ4n) is 3.23. The molecule has 0 spiro atoms. The van der Waals surface area contributed by atoms with Crippen LogP contribution < -0.4 is 0 Å². The Bertz CT molecular complexity index is 696. The first kappa shape index (κ1) is 16.7. The molecule has 24 heavy (non-hydrogen) atoms. The molecular formula is C21H26N2O. The number of amides is 1. The summed E-state index contributed by atoms with van der Waals surface area (Å²) in [5, 5.41) is 0. The Morgan fingerprint density at radius 3 is 2.46 bits per heavy atom. The average Bonchev–Trinajstić information content (AvgIpc) is 2.83. The lowest BCUT2D eigenvalue weighted by Gasteiger charge is -2.22. The number of benzene rings is 2. The predicted octanol–water partition coefficient (Wildman–Crippen LogP) is 3.65. The summed E-state index contributed by atoms with van der Waals surface area (Å²) >= 11 is 0. The molecule has 2 aromatic rings. The zero-order valence-corrected chi connectivity index (χ0v) is 14.7. The van der Waals surface area contributed by atoms with E-state index in [1.807, 2.05) is 23.1 Å². The van der Waals surface area contributed by atoms with Crippen LogP contribution in [0.15, 0.2) is 48.5 Å². The maximum absolute atomic E-state index is 12.8. The topological polar surface area (TPSA) is 23.6 Å². The molecule has 0 saturated carbocycles. The van der Waals surface area contributed by atoms with Gasteiger partial charge < -0.3 is 4.90 Å². The first-order valence-corrected chi connectivity index (χ1v) is 8.76. The lowest BCUT2D eigenvalue weighted by molar-refractivity contribution is 0.0761. The minimum Gasteiger partial charge on any atom is -0.337 e. The molecule has 1 amide bonds. The summed E-state index contributed by atoms with van der Waals surface area (Å²) in [7, 11) is 0. The van der Waals surface area contributed by atoms with Gasteiger partial charge in [-0.25, -0.2) is 0 Å². The van der Waals surface area contributed by atoms with Crippen LogP contribution >= 0.6 is 0 Å². The van der Waals surface area contributed by atoms with Crippen LogP contribution in [-0.4, -0.2) is 41.9 Å². The zero-order valence-electron chi connectivity index (χ0n) is 14.7. The van der Waals surface area contributed by atoms with Gasteiger partial charge in [0, 0.05) is 38.3 Å². The molecule has 0 aromatic heterocycles. The van der Waals surface area contributed by atoms with E-state index in [0.717, 1.165) is 44.7 Å². The standard InChI is InChI=1S/C21H26N2O/c1-17-9-10-20(15-18(17)2)21(24)23-12-6-11-22(13-14-23)16-19-7-4-3-5-8-19/h3-5,7-10,15H,6,11-14,16H2,1-2H3. The van der Waals surface area contributed by atoms with Gasteiger partial charge >= 0.3 is 0 Å². The monoisotopic (exact) mass is 322 g/mol. The minimum atomic E-state index is 0.166. The van der Waals surface area contributed by atoms with Gasteiger partial charge in [0.2, 0.25) is 0 Å². The van der Waals surface area contributed by atoms with Crippen LogP contribution in [0.2, 0.25) is 0 Å². The highest BCUT2D eigenvalue weighted by molar-refractivity contribution is 5.94.